The Kier molecular flexibility index (Phi) is 2.66. The Balaban J connectivity index is 2.79. The van der Waals surface area contributed by atoms with Crippen LogP contribution in [0.1, 0.15) is 5.69 Å². The number of rotatable bonds is 2. The van der Waals surface area contributed by atoms with Gasteiger partial charge in [-0.25, -0.2) is 4.98 Å². The van der Waals surface area contributed by atoms with E-state index in [-0.39, 0.29) is 5.84 Å². The summed E-state index contributed by atoms with van der Waals surface area (Å²) < 4.78 is 5.18. The average Bonchev–Trinajstić information content (AvgIpc) is 2.29. The third-order valence-electron chi connectivity index (χ3n) is 2.26. The van der Waals surface area contributed by atoms with E-state index in [2.05, 4.69) is 4.98 Å². The number of ether oxygens (including phenoxy) is 1. The predicted molar refractivity (Wildman–Crippen MR) is 64.3 cm³/mol. The molecular weight excluding hydrogens is 226 g/mol. The fraction of sp³-hybridized carbons (Fsp3) is 0.0909. The number of hydrogen-bond acceptors (Lipinski definition) is 3. The molecule has 1 aromatic heterocycles. The van der Waals surface area contributed by atoms with Crippen LogP contribution in [0.25, 0.3) is 10.9 Å². The molecule has 0 aliphatic rings. The lowest BCUT2D eigenvalue weighted by molar-refractivity contribution is 0.419. The molecule has 0 bridgehead atoms. The van der Waals surface area contributed by atoms with E-state index in [9.17, 15) is 0 Å². The lowest BCUT2D eigenvalue weighted by Gasteiger charge is -2.07. The fourth-order valence-electron chi connectivity index (χ4n) is 1.47. The van der Waals surface area contributed by atoms with Crippen LogP contribution >= 0.6 is 11.6 Å². The molecule has 0 atom stereocenters. The Labute approximate surface area is 97.5 Å². The Morgan fingerprint density at radius 1 is 1.38 bits per heavy atom. The number of nitrogen functional groups attached to an aromatic ring is 1. The lowest BCUT2D eigenvalue weighted by atomic mass is 10.2. The molecule has 0 saturated carbocycles. The zero-order chi connectivity index (χ0) is 11.7. The second-order valence-electron chi connectivity index (χ2n) is 3.26. The summed E-state index contributed by atoms with van der Waals surface area (Å²) in [6, 6.07) is 6.93. The summed E-state index contributed by atoms with van der Waals surface area (Å²) in [5.74, 6) is 0.534. The number of methoxy groups -OCH3 is 1. The van der Waals surface area contributed by atoms with E-state index < -0.39 is 0 Å². The summed E-state index contributed by atoms with van der Waals surface area (Å²) in [4.78, 5) is 4.25. The predicted octanol–water partition coefficient (Wildman–Crippen LogP) is 2.18. The third-order valence-corrected chi connectivity index (χ3v) is 2.59. The number of nitrogens with one attached hydrogen (secondary N) is 1. The van der Waals surface area contributed by atoms with Crippen molar-refractivity contribution in [2.24, 2.45) is 5.73 Å². The highest BCUT2D eigenvalue weighted by Gasteiger charge is 2.08. The molecule has 3 N–H and O–H groups in total. The number of pyridine rings is 1. The standard InChI is InChI=1S/C11H10ClN3O/c1-16-9-5-3-7(12)6-2-4-8(11(13)14)15-10(6)9/h2-5H,1H3,(H3,13,14). The molecule has 2 rings (SSSR count). The van der Waals surface area contributed by atoms with Gasteiger partial charge in [-0.1, -0.05) is 11.6 Å². The minimum Gasteiger partial charge on any atom is -0.494 e. The topological polar surface area (TPSA) is 72.0 Å². The van der Waals surface area contributed by atoms with E-state index in [4.69, 9.17) is 27.5 Å². The number of benzene rings is 1. The van der Waals surface area contributed by atoms with Crippen LogP contribution in [0.3, 0.4) is 0 Å². The van der Waals surface area contributed by atoms with E-state index >= 15 is 0 Å². The Morgan fingerprint density at radius 3 is 2.75 bits per heavy atom. The van der Waals surface area contributed by atoms with Gasteiger partial charge in [0, 0.05) is 5.39 Å². The number of fused-ring (bicyclic) bond motifs is 1. The van der Waals surface area contributed by atoms with Crippen LogP contribution in [0.5, 0.6) is 5.75 Å². The number of halogens is 1. The highest BCUT2D eigenvalue weighted by atomic mass is 35.5. The molecular formula is C11H10ClN3O. The van der Waals surface area contributed by atoms with Gasteiger partial charge in [-0.2, -0.15) is 0 Å². The van der Waals surface area contributed by atoms with Crippen molar-refractivity contribution in [3.05, 3.63) is 35.0 Å². The van der Waals surface area contributed by atoms with Gasteiger partial charge >= 0.3 is 0 Å². The van der Waals surface area contributed by atoms with Gasteiger partial charge in [-0.15, -0.1) is 0 Å². The molecule has 1 heterocycles. The van der Waals surface area contributed by atoms with E-state index in [1.165, 1.54) is 0 Å². The molecule has 0 saturated heterocycles. The highest BCUT2D eigenvalue weighted by molar-refractivity contribution is 6.35. The van der Waals surface area contributed by atoms with Gasteiger partial charge in [-0.3, -0.25) is 5.41 Å². The van der Waals surface area contributed by atoms with E-state index in [0.717, 1.165) is 5.39 Å². The van der Waals surface area contributed by atoms with E-state index in [1.807, 2.05) is 0 Å². The molecule has 4 nitrogen and oxygen atoms in total. The van der Waals surface area contributed by atoms with Crippen LogP contribution < -0.4 is 10.5 Å². The quantitative estimate of drug-likeness (QED) is 0.619. The lowest BCUT2D eigenvalue weighted by Crippen LogP contribution is -2.13. The largest absolute Gasteiger partial charge is 0.494 e. The van der Waals surface area contributed by atoms with Gasteiger partial charge in [0.1, 0.15) is 22.8 Å². The summed E-state index contributed by atoms with van der Waals surface area (Å²) in [6.45, 7) is 0. The van der Waals surface area contributed by atoms with Crippen molar-refractivity contribution in [1.82, 2.24) is 4.98 Å². The molecule has 0 radical (unpaired) electrons. The normalized spacial score (nSPS) is 10.4. The monoisotopic (exact) mass is 235 g/mol. The SMILES string of the molecule is COc1ccc(Cl)c2ccc(C(=N)N)nc12. The molecule has 0 aliphatic carbocycles. The summed E-state index contributed by atoms with van der Waals surface area (Å²) in [5, 5.41) is 8.71. The zero-order valence-corrected chi connectivity index (χ0v) is 9.38. The van der Waals surface area contributed by atoms with Gasteiger partial charge in [0.25, 0.3) is 0 Å². The number of hydrogen-bond donors (Lipinski definition) is 2. The maximum absolute atomic E-state index is 7.33. The van der Waals surface area contributed by atoms with Crippen LogP contribution in [-0.2, 0) is 0 Å². The van der Waals surface area contributed by atoms with Crippen molar-refractivity contribution in [2.45, 2.75) is 0 Å². The highest BCUT2D eigenvalue weighted by Crippen LogP contribution is 2.29. The van der Waals surface area contributed by atoms with Crippen LogP contribution in [0.15, 0.2) is 24.3 Å². The molecule has 0 spiro atoms. The maximum Gasteiger partial charge on any atom is 0.145 e. The smallest absolute Gasteiger partial charge is 0.145 e. The van der Waals surface area contributed by atoms with Crippen LogP contribution in [0.2, 0.25) is 5.02 Å². The van der Waals surface area contributed by atoms with Gasteiger partial charge in [0.15, 0.2) is 0 Å². The van der Waals surface area contributed by atoms with Crippen molar-refractivity contribution in [1.29, 1.82) is 5.41 Å². The third kappa shape index (κ3) is 1.67. The average molecular weight is 236 g/mol. The Morgan fingerprint density at radius 2 is 2.12 bits per heavy atom. The summed E-state index contributed by atoms with van der Waals surface area (Å²) in [7, 11) is 1.56. The molecule has 0 unspecified atom stereocenters. The summed E-state index contributed by atoms with van der Waals surface area (Å²) >= 11 is 6.04. The van der Waals surface area contributed by atoms with Crippen molar-refractivity contribution >= 4 is 28.3 Å². The number of aromatic nitrogens is 1. The molecule has 82 valence electrons. The van der Waals surface area contributed by atoms with Crippen LogP contribution in [0.4, 0.5) is 0 Å². The molecule has 1 aromatic carbocycles. The Bertz CT molecular complexity index is 568. The minimum absolute atomic E-state index is 0.0797. The number of amidine groups is 1. The van der Waals surface area contributed by atoms with Crippen LogP contribution in [-0.4, -0.2) is 17.9 Å². The van der Waals surface area contributed by atoms with Crippen LogP contribution in [0, 0.1) is 5.41 Å². The number of nitrogens with zero attached hydrogens (tertiary/aromatic N) is 1. The molecule has 0 amide bonds. The van der Waals surface area contributed by atoms with Crippen molar-refractivity contribution in [3.63, 3.8) is 0 Å². The number of nitrogens with two attached hydrogens (primary N) is 1. The summed E-state index contributed by atoms with van der Waals surface area (Å²) in [5.41, 5.74) is 6.41. The summed E-state index contributed by atoms with van der Waals surface area (Å²) in [6.07, 6.45) is 0. The van der Waals surface area contributed by atoms with Gasteiger partial charge < -0.3 is 10.5 Å². The molecule has 16 heavy (non-hydrogen) atoms. The maximum atomic E-state index is 7.33. The van der Waals surface area contributed by atoms with Crippen molar-refractivity contribution in [2.75, 3.05) is 7.11 Å². The molecule has 2 aromatic rings. The van der Waals surface area contributed by atoms with Crippen molar-refractivity contribution < 1.29 is 4.74 Å². The van der Waals surface area contributed by atoms with E-state index in [1.54, 1.807) is 31.4 Å². The first-order chi connectivity index (χ1) is 7.63. The Hall–Kier alpha value is -1.81. The first-order valence-electron chi connectivity index (χ1n) is 4.61. The van der Waals surface area contributed by atoms with Gasteiger partial charge in [0.05, 0.1) is 12.1 Å². The zero-order valence-electron chi connectivity index (χ0n) is 8.62. The van der Waals surface area contributed by atoms with E-state index in [0.29, 0.717) is 22.0 Å². The van der Waals surface area contributed by atoms with Gasteiger partial charge in [-0.05, 0) is 24.3 Å². The first kappa shape index (κ1) is 10.7. The second-order valence-corrected chi connectivity index (χ2v) is 3.66. The second kappa shape index (κ2) is 3.98. The fourth-order valence-corrected chi connectivity index (χ4v) is 1.69. The van der Waals surface area contributed by atoms with Crippen molar-refractivity contribution in [3.8, 4) is 5.75 Å². The molecule has 5 heteroatoms. The molecule has 0 aliphatic heterocycles. The first-order valence-corrected chi connectivity index (χ1v) is 4.99. The van der Waals surface area contributed by atoms with Gasteiger partial charge in [0.2, 0.25) is 0 Å². The molecule has 0 fully saturated rings. The minimum atomic E-state index is -0.0797.